The molecule has 0 aliphatic rings. The van der Waals surface area contributed by atoms with Gasteiger partial charge in [-0.25, -0.2) is 0 Å². The van der Waals surface area contributed by atoms with Gasteiger partial charge in [-0.05, 0) is 42.7 Å². The first-order valence-corrected chi connectivity index (χ1v) is 9.38. The average Bonchev–Trinajstić information content (AvgIpc) is 2.99. The lowest BCUT2D eigenvalue weighted by molar-refractivity contribution is 0.0941. The number of ether oxygens (including phenoxy) is 1. The van der Waals surface area contributed by atoms with E-state index in [4.69, 9.17) is 16.3 Å². The molecule has 3 aromatic rings. The van der Waals surface area contributed by atoms with Crippen LogP contribution >= 0.6 is 22.9 Å². The molecule has 3 nitrogen and oxygen atoms in total. The van der Waals surface area contributed by atoms with E-state index in [9.17, 15) is 4.79 Å². The number of nitrogens with one attached hydrogen (secondary N) is 1. The molecule has 130 valence electrons. The van der Waals surface area contributed by atoms with Gasteiger partial charge in [0.05, 0.1) is 13.2 Å². The van der Waals surface area contributed by atoms with Gasteiger partial charge in [-0.3, -0.25) is 4.79 Å². The Hall–Kier alpha value is -2.04. The molecule has 1 atom stereocenters. The van der Waals surface area contributed by atoms with E-state index < -0.39 is 0 Å². The number of methoxy groups -OCH3 is 1. The molecular weight excluding hydrogens is 354 g/mol. The minimum atomic E-state index is -0.138. The Morgan fingerprint density at radius 3 is 2.60 bits per heavy atom. The van der Waals surface area contributed by atoms with Gasteiger partial charge in [0.2, 0.25) is 0 Å². The highest BCUT2D eigenvalue weighted by atomic mass is 35.5. The molecule has 1 heterocycles. The van der Waals surface area contributed by atoms with Crippen LogP contribution in [0.4, 0.5) is 0 Å². The molecule has 0 unspecified atom stereocenters. The van der Waals surface area contributed by atoms with E-state index in [1.807, 2.05) is 25.1 Å². The Bertz CT molecular complexity index is 902. The standard InChI is InChI=1S/C20H20ClNO2S/c1-4-13-5-7-14(8-6-13)12(2)22-20(23)19-18(24-3)16-11-15(21)9-10-17(16)25-19/h5-12H,4H2,1-3H3,(H,22,23)/t12-/m0/s1. The van der Waals surface area contributed by atoms with Gasteiger partial charge < -0.3 is 10.1 Å². The number of fused-ring (bicyclic) bond motifs is 1. The fraction of sp³-hybridized carbons (Fsp3) is 0.250. The van der Waals surface area contributed by atoms with E-state index in [1.165, 1.54) is 16.9 Å². The summed E-state index contributed by atoms with van der Waals surface area (Å²) in [7, 11) is 1.58. The minimum absolute atomic E-state index is 0.0862. The van der Waals surface area contributed by atoms with E-state index in [0.29, 0.717) is 15.6 Å². The van der Waals surface area contributed by atoms with Crippen molar-refractivity contribution in [2.45, 2.75) is 26.3 Å². The lowest BCUT2D eigenvalue weighted by atomic mass is 10.0. The molecule has 1 N–H and O–H groups in total. The van der Waals surface area contributed by atoms with Crippen LogP contribution in [-0.4, -0.2) is 13.0 Å². The molecule has 1 amide bonds. The summed E-state index contributed by atoms with van der Waals surface area (Å²) in [6.07, 6.45) is 1.00. The third kappa shape index (κ3) is 3.65. The molecular formula is C20H20ClNO2S. The summed E-state index contributed by atoms with van der Waals surface area (Å²) in [5.74, 6) is 0.440. The first kappa shape index (κ1) is 17.8. The molecule has 0 fully saturated rings. The van der Waals surface area contributed by atoms with Crippen LogP contribution < -0.4 is 10.1 Å². The minimum Gasteiger partial charge on any atom is -0.494 e. The number of aryl methyl sites for hydroxylation is 1. The number of carbonyl (C=O) groups is 1. The molecule has 0 aliphatic heterocycles. The predicted molar refractivity (Wildman–Crippen MR) is 105 cm³/mol. The molecule has 0 bridgehead atoms. The lowest BCUT2D eigenvalue weighted by Crippen LogP contribution is -2.26. The van der Waals surface area contributed by atoms with Crippen molar-refractivity contribution >= 4 is 38.9 Å². The second kappa shape index (κ2) is 7.46. The van der Waals surface area contributed by atoms with Gasteiger partial charge >= 0.3 is 0 Å². The zero-order valence-electron chi connectivity index (χ0n) is 14.4. The molecule has 3 rings (SSSR count). The van der Waals surface area contributed by atoms with Crippen molar-refractivity contribution in [2.24, 2.45) is 0 Å². The van der Waals surface area contributed by atoms with Crippen molar-refractivity contribution < 1.29 is 9.53 Å². The fourth-order valence-corrected chi connectivity index (χ4v) is 4.01. The normalized spacial score (nSPS) is 12.2. The fourth-order valence-electron chi connectivity index (χ4n) is 2.79. The Kier molecular flexibility index (Phi) is 5.30. The van der Waals surface area contributed by atoms with E-state index in [1.54, 1.807) is 7.11 Å². The van der Waals surface area contributed by atoms with Crippen LogP contribution in [0.5, 0.6) is 5.75 Å². The second-order valence-corrected chi connectivity index (χ2v) is 7.38. The number of rotatable bonds is 5. The molecule has 25 heavy (non-hydrogen) atoms. The number of thiophene rings is 1. The quantitative estimate of drug-likeness (QED) is 0.630. The van der Waals surface area contributed by atoms with Gasteiger partial charge in [0.25, 0.3) is 5.91 Å². The monoisotopic (exact) mass is 373 g/mol. The highest BCUT2D eigenvalue weighted by molar-refractivity contribution is 7.21. The van der Waals surface area contributed by atoms with Crippen molar-refractivity contribution in [3.8, 4) is 5.75 Å². The molecule has 1 aromatic heterocycles. The molecule has 0 aliphatic carbocycles. The maximum Gasteiger partial charge on any atom is 0.265 e. The van der Waals surface area contributed by atoms with Crippen molar-refractivity contribution in [3.05, 3.63) is 63.5 Å². The number of amides is 1. The summed E-state index contributed by atoms with van der Waals surface area (Å²) in [6.45, 7) is 4.11. The van der Waals surface area contributed by atoms with Crippen molar-refractivity contribution in [1.82, 2.24) is 5.32 Å². The van der Waals surface area contributed by atoms with E-state index in [-0.39, 0.29) is 11.9 Å². The average molecular weight is 374 g/mol. The molecule has 0 spiro atoms. The second-order valence-electron chi connectivity index (χ2n) is 5.90. The highest BCUT2D eigenvalue weighted by Gasteiger charge is 2.21. The van der Waals surface area contributed by atoms with Crippen LogP contribution in [0.3, 0.4) is 0 Å². The van der Waals surface area contributed by atoms with E-state index in [0.717, 1.165) is 22.1 Å². The lowest BCUT2D eigenvalue weighted by Gasteiger charge is -2.14. The van der Waals surface area contributed by atoms with Crippen molar-refractivity contribution in [1.29, 1.82) is 0 Å². The Labute approximate surface area is 156 Å². The zero-order valence-corrected chi connectivity index (χ0v) is 16.0. The van der Waals surface area contributed by atoms with Crippen LogP contribution in [0.1, 0.15) is 40.7 Å². The highest BCUT2D eigenvalue weighted by Crippen LogP contribution is 2.39. The van der Waals surface area contributed by atoms with Crippen LogP contribution in [0, 0.1) is 0 Å². The Balaban J connectivity index is 1.86. The third-order valence-corrected chi connectivity index (χ3v) is 5.64. The summed E-state index contributed by atoms with van der Waals surface area (Å²) in [6, 6.07) is 13.8. The van der Waals surface area contributed by atoms with Gasteiger partial charge in [-0.15, -0.1) is 11.3 Å². The molecule has 0 saturated carbocycles. The summed E-state index contributed by atoms with van der Waals surface area (Å²) >= 11 is 7.49. The number of hydrogen-bond donors (Lipinski definition) is 1. The van der Waals surface area contributed by atoms with Gasteiger partial charge in [-0.2, -0.15) is 0 Å². The van der Waals surface area contributed by atoms with Crippen LogP contribution in [0.25, 0.3) is 10.1 Å². The summed E-state index contributed by atoms with van der Waals surface area (Å²) < 4.78 is 6.46. The first-order valence-electron chi connectivity index (χ1n) is 8.19. The number of halogens is 1. The summed E-state index contributed by atoms with van der Waals surface area (Å²) in [5, 5.41) is 4.55. The summed E-state index contributed by atoms with van der Waals surface area (Å²) in [4.78, 5) is 13.3. The van der Waals surface area contributed by atoms with Gasteiger partial charge in [0.1, 0.15) is 10.6 Å². The molecule has 5 heteroatoms. The molecule has 0 saturated heterocycles. The molecule has 2 aromatic carbocycles. The zero-order chi connectivity index (χ0) is 18.0. The predicted octanol–water partition coefficient (Wildman–Crippen LogP) is 5.62. The Morgan fingerprint density at radius 1 is 1.24 bits per heavy atom. The van der Waals surface area contributed by atoms with Crippen LogP contribution in [0.15, 0.2) is 42.5 Å². The van der Waals surface area contributed by atoms with E-state index >= 15 is 0 Å². The van der Waals surface area contributed by atoms with Gasteiger partial charge in [0, 0.05) is 15.1 Å². The van der Waals surface area contributed by atoms with Crippen LogP contribution in [0.2, 0.25) is 5.02 Å². The van der Waals surface area contributed by atoms with E-state index in [2.05, 4.69) is 36.5 Å². The Morgan fingerprint density at radius 2 is 1.96 bits per heavy atom. The molecule has 0 radical (unpaired) electrons. The van der Waals surface area contributed by atoms with Crippen molar-refractivity contribution in [3.63, 3.8) is 0 Å². The maximum atomic E-state index is 12.8. The largest absolute Gasteiger partial charge is 0.494 e. The van der Waals surface area contributed by atoms with Gasteiger partial charge in [-0.1, -0.05) is 42.8 Å². The maximum absolute atomic E-state index is 12.8. The van der Waals surface area contributed by atoms with Crippen LogP contribution in [-0.2, 0) is 6.42 Å². The first-order chi connectivity index (χ1) is 12.0. The SMILES string of the molecule is CCc1ccc([C@H](C)NC(=O)c2sc3ccc(Cl)cc3c2OC)cc1. The third-order valence-electron chi connectivity index (χ3n) is 4.25. The topological polar surface area (TPSA) is 38.3 Å². The van der Waals surface area contributed by atoms with Crippen molar-refractivity contribution in [2.75, 3.05) is 7.11 Å². The number of carbonyl (C=O) groups excluding carboxylic acids is 1. The number of benzene rings is 2. The number of hydrogen-bond acceptors (Lipinski definition) is 3. The smallest absolute Gasteiger partial charge is 0.265 e. The van der Waals surface area contributed by atoms with Gasteiger partial charge in [0.15, 0.2) is 0 Å². The summed E-state index contributed by atoms with van der Waals surface area (Å²) in [5.41, 5.74) is 2.36.